The lowest BCUT2D eigenvalue weighted by Gasteiger charge is -2.09. The van der Waals surface area contributed by atoms with Gasteiger partial charge in [0.05, 0.1) is 31.0 Å². The van der Waals surface area contributed by atoms with Gasteiger partial charge in [-0.3, -0.25) is 4.79 Å². The van der Waals surface area contributed by atoms with Crippen LogP contribution >= 0.6 is 0 Å². The van der Waals surface area contributed by atoms with Crippen LogP contribution in [0, 0.1) is 0 Å². The second-order valence-electron chi connectivity index (χ2n) is 4.64. The van der Waals surface area contributed by atoms with Gasteiger partial charge in [-0.1, -0.05) is 12.1 Å². The number of rotatable bonds is 7. The Morgan fingerprint density at radius 1 is 1.05 bits per heavy atom. The van der Waals surface area contributed by atoms with E-state index in [-0.39, 0.29) is 12.3 Å². The molecular weight excluding hydrogens is 280 g/mol. The average Bonchev–Trinajstić information content (AvgIpc) is 2.52. The van der Waals surface area contributed by atoms with E-state index in [4.69, 9.17) is 15.2 Å². The molecule has 0 saturated carbocycles. The topological polar surface area (TPSA) is 73.6 Å². The van der Waals surface area contributed by atoms with Gasteiger partial charge in [0.2, 0.25) is 5.91 Å². The third kappa shape index (κ3) is 4.70. The highest BCUT2D eigenvalue weighted by Gasteiger charge is 2.05. The van der Waals surface area contributed by atoms with Crippen molar-refractivity contribution < 1.29 is 14.3 Å². The van der Waals surface area contributed by atoms with Crippen molar-refractivity contribution in [2.45, 2.75) is 13.3 Å². The minimum absolute atomic E-state index is 0.135. The molecule has 5 nitrogen and oxygen atoms in total. The second-order valence-corrected chi connectivity index (χ2v) is 4.64. The number of ether oxygens (including phenoxy) is 2. The number of hydrogen-bond acceptors (Lipinski definition) is 4. The molecule has 2 rings (SSSR count). The molecule has 0 spiro atoms. The van der Waals surface area contributed by atoms with Crippen LogP contribution < -0.4 is 20.5 Å². The Kier molecular flexibility index (Phi) is 5.65. The van der Waals surface area contributed by atoms with Gasteiger partial charge in [-0.15, -0.1) is 0 Å². The number of benzene rings is 2. The molecule has 0 aliphatic carbocycles. The van der Waals surface area contributed by atoms with Crippen molar-refractivity contribution in [2.24, 2.45) is 0 Å². The zero-order valence-corrected chi connectivity index (χ0v) is 12.5. The Morgan fingerprint density at radius 3 is 2.32 bits per heavy atom. The molecule has 0 aliphatic rings. The number of carbonyl (C=O) groups is 1. The van der Waals surface area contributed by atoms with Gasteiger partial charge >= 0.3 is 0 Å². The van der Waals surface area contributed by atoms with Gasteiger partial charge in [0.25, 0.3) is 0 Å². The maximum absolute atomic E-state index is 11.8. The van der Waals surface area contributed by atoms with E-state index in [9.17, 15) is 4.79 Å². The molecule has 0 aromatic heterocycles. The summed E-state index contributed by atoms with van der Waals surface area (Å²) in [5.41, 5.74) is 6.93. The van der Waals surface area contributed by atoms with E-state index in [0.717, 1.165) is 5.75 Å². The van der Waals surface area contributed by atoms with Crippen molar-refractivity contribution in [3.05, 3.63) is 48.5 Å². The van der Waals surface area contributed by atoms with E-state index in [1.165, 1.54) is 0 Å². The van der Waals surface area contributed by atoms with Gasteiger partial charge in [0, 0.05) is 0 Å². The summed E-state index contributed by atoms with van der Waals surface area (Å²) in [6.45, 7) is 2.86. The molecule has 5 heteroatoms. The van der Waals surface area contributed by atoms with Crippen molar-refractivity contribution in [1.82, 2.24) is 0 Å². The van der Waals surface area contributed by atoms with E-state index in [0.29, 0.717) is 30.3 Å². The summed E-state index contributed by atoms with van der Waals surface area (Å²) >= 11 is 0. The molecule has 0 heterocycles. The Hall–Kier alpha value is -2.69. The Balaban J connectivity index is 1.76. The zero-order chi connectivity index (χ0) is 15.8. The first-order chi connectivity index (χ1) is 10.7. The summed E-state index contributed by atoms with van der Waals surface area (Å²) in [5.74, 6) is 1.37. The number of nitrogens with one attached hydrogen (secondary N) is 1. The van der Waals surface area contributed by atoms with E-state index >= 15 is 0 Å². The number of hydrogen-bond donors (Lipinski definition) is 2. The minimum atomic E-state index is -0.135. The lowest BCUT2D eigenvalue weighted by Crippen LogP contribution is -2.16. The van der Waals surface area contributed by atoms with Gasteiger partial charge in [-0.05, 0) is 43.3 Å². The highest BCUT2D eigenvalue weighted by atomic mass is 16.5. The standard InChI is InChI=1S/C17H20N2O3/c1-2-21-13-7-9-14(10-8-13)22-12-11-17(20)19-16-6-4-3-5-15(16)18/h3-10H,2,11-12,18H2,1H3,(H,19,20). The number of nitrogen functional groups attached to an aromatic ring is 1. The zero-order valence-electron chi connectivity index (χ0n) is 12.5. The minimum Gasteiger partial charge on any atom is -0.494 e. The molecule has 0 atom stereocenters. The van der Waals surface area contributed by atoms with Crippen molar-refractivity contribution >= 4 is 17.3 Å². The average molecular weight is 300 g/mol. The van der Waals surface area contributed by atoms with Crippen molar-refractivity contribution in [3.8, 4) is 11.5 Å². The fourth-order valence-electron chi connectivity index (χ4n) is 1.88. The van der Waals surface area contributed by atoms with Crippen LogP contribution in [0.3, 0.4) is 0 Å². The van der Waals surface area contributed by atoms with Crippen LogP contribution in [-0.4, -0.2) is 19.1 Å². The van der Waals surface area contributed by atoms with Gasteiger partial charge < -0.3 is 20.5 Å². The molecule has 2 aromatic rings. The quantitative estimate of drug-likeness (QED) is 0.771. The molecule has 116 valence electrons. The second kappa shape index (κ2) is 7.93. The lowest BCUT2D eigenvalue weighted by atomic mass is 10.2. The smallest absolute Gasteiger partial charge is 0.227 e. The summed E-state index contributed by atoms with van der Waals surface area (Å²) in [5, 5.41) is 2.76. The van der Waals surface area contributed by atoms with E-state index < -0.39 is 0 Å². The number of para-hydroxylation sites is 2. The first-order valence-electron chi connectivity index (χ1n) is 7.19. The normalized spacial score (nSPS) is 10.0. The number of nitrogens with two attached hydrogens (primary N) is 1. The molecule has 22 heavy (non-hydrogen) atoms. The predicted octanol–water partition coefficient (Wildman–Crippen LogP) is 3.08. The van der Waals surface area contributed by atoms with Crippen LogP contribution in [-0.2, 0) is 4.79 Å². The predicted molar refractivity (Wildman–Crippen MR) is 87.2 cm³/mol. The maximum atomic E-state index is 11.8. The summed E-state index contributed by atoms with van der Waals surface area (Å²) in [7, 11) is 0. The first kappa shape index (κ1) is 15.7. The molecule has 0 saturated heterocycles. The van der Waals surface area contributed by atoms with Crippen LogP contribution in [0.1, 0.15) is 13.3 Å². The van der Waals surface area contributed by atoms with Crippen molar-refractivity contribution in [2.75, 3.05) is 24.3 Å². The number of anilines is 2. The fraction of sp³-hybridized carbons (Fsp3) is 0.235. The Labute approximate surface area is 130 Å². The largest absolute Gasteiger partial charge is 0.494 e. The number of carbonyl (C=O) groups excluding carboxylic acids is 1. The molecule has 1 amide bonds. The third-order valence-corrected chi connectivity index (χ3v) is 2.97. The Bertz CT molecular complexity index is 612. The van der Waals surface area contributed by atoms with Crippen LogP contribution in [0.2, 0.25) is 0 Å². The molecule has 0 bridgehead atoms. The van der Waals surface area contributed by atoms with Crippen LogP contribution in [0.15, 0.2) is 48.5 Å². The molecule has 3 N–H and O–H groups in total. The third-order valence-electron chi connectivity index (χ3n) is 2.97. The van der Waals surface area contributed by atoms with Crippen molar-refractivity contribution in [1.29, 1.82) is 0 Å². The Morgan fingerprint density at radius 2 is 1.68 bits per heavy atom. The monoisotopic (exact) mass is 300 g/mol. The molecular formula is C17H20N2O3. The van der Waals surface area contributed by atoms with Crippen LogP contribution in [0.5, 0.6) is 11.5 Å². The van der Waals surface area contributed by atoms with Gasteiger partial charge in [0.15, 0.2) is 0 Å². The maximum Gasteiger partial charge on any atom is 0.227 e. The first-order valence-corrected chi connectivity index (χ1v) is 7.19. The fourth-order valence-corrected chi connectivity index (χ4v) is 1.88. The summed E-state index contributed by atoms with van der Waals surface area (Å²) in [6.07, 6.45) is 0.252. The van der Waals surface area contributed by atoms with Crippen LogP contribution in [0.4, 0.5) is 11.4 Å². The lowest BCUT2D eigenvalue weighted by molar-refractivity contribution is -0.116. The van der Waals surface area contributed by atoms with Gasteiger partial charge in [-0.2, -0.15) is 0 Å². The van der Waals surface area contributed by atoms with Crippen LogP contribution in [0.25, 0.3) is 0 Å². The van der Waals surface area contributed by atoms with Gasteiger partial charge in [-0.25, -0.2) is 0 Å². The molecule has 2 aromatic carbocycles. The molecule has 0 unspecified atom stereocenters. The number of amides is 1. The summed E-state index contributed by atoms with van der Waals surface area (Å²) < 4.78 is 10.9. The molecule has 0 fully saturated rings. The summed E-state index contributed by atoms with van der Waals surface area (Å²) in [4.78, 5) is 11.8. The van der Waals surface area contributed by atoms with E-state index in [2.05, 4.69) is 5.32 Å². The van der Waals surface area contributed by atoms with Crippen molar-refractivity contribution in [3.63, 3.8) is 0 Å². The molecule has 0 radical (unpaired) electrons. The molecule has 0 aliphatic heterocycles. The SMILES string of the molecule is CCOc1ccc(OCCC(=O)Nc2ccccc2N)cc1. The van der Waals surface area contributed by atoms with E-state index in [1.807, 2.05) is 43.3 Å². The highest BCUT2D eigenvalue weighted by Crippen LogP contribution is 2.18. The highest BCUT2D eigenvalue weighted by molar-refractivity contribution is 5.93. The van der Waals surface area contributed by atoms with E-state index in [1.54, 1.807) is 12.1 Å². The van der Waals surface area contributed by atoms with Gasteiger partial charge in [0.1, 0.15) is 11.5 Å². The summed E-state index contributed by atoms with van der Waals surface area (Å²) in [6, 6.07) is 14.5.